The van der Waals surface area contributed by atoms with Crippen LogP contribution in [0.1, 0.15) is 26.3 Å². The lowest BCUT2D eigenvalue weighted by Gasteiger charge is -2.10. The molecule has 35 heavy (non-hydrogen) atoms. The largest absolute Gasteiger partial charge is 0.457 e. The van der Waals surface area contributed by atoms with Gasteiger partial charge in [-0.15, -0.1) is 0 Å². The molecular formula is C27H21N3O5. The number of nitro benzene ring substituents is 1. The summed E-state index contributed by atoms with van der Waals surface area (Å²) >= 11 is 0. The number of rotatable bonds is 7. The number of nitrogens with one attached hydrogen (secondary N) is 2. The Kier molecular flexibility index (Phi) is 6.83. The number of carbonyl (C=O) groups is 2. The van der Waals surface area contributed by atoms with E-state index in [0.717, 1.165) is 11.3 Å². The molecule has 0 saturated heterocycles. The van der Waals surface area contributed by atoms with E-state index in [1.165, 1.54) is 30.3 Å². The van der Waals surface area contributed by atoms with E-state index in [9.17, 15) is 19.7 Å². The van der Waals surface area contributed by atoms with Gasteiger partial charge >= 0.3 is 0 Å². The van der Waals surface area contributed by atoms with Crippen molar-refractivity contribution in [3.63, 3.8) is 0 Å². The summed E-state index contributed by atoms with van der Waals surface area (Å²) in [5, 5.41) is 16.4. The molecule has 0 fully saturated rings. The molecular weight excluding hydrogens is 446 g/mol. The number of amides is 2. The van der Waals surface area contributed by atoms with Gasteiger partial charge in [0.25, 0.3) is 17.5 Å². The first-order valence-electron chi connectivity index (χ1n) is 10.7. The van der Waals surface area contributed by atoms with Crippen molar-refractivity contribution in [3.05, 3.63) is 124 Å². The third-order valence-corrected chi connectivity index (χ3v) is 5.07. The molecule has 0 aliphatic heterocycles. The SMILES string of the molecule is Cc1ccc(Oc2ccc(NC(=O)c3cccc(NC(=O)c4cccc([N+](=O)[O-])c4)c3)cc2)cc1. The van der Waals surface area contributed by atoms with Crippen LogP contribution in [0.25, 0.3) is 0 Å². The highest BCUT2D eigenvalue weighted by atomic mass is 16.6. The summed E-state index contributed by atoms with van der Waals surface area (Å²) in [5.41, 5.74) is 2.40. The van der Waals surface area contributed by atoms with Crippen LogP contribution in [0, 0.1) is 17.0 Å². The lowest BCUT2D eigenvalue weighted by atomic mass is 10.1. The molecule has 0 aliphatic rings. The van der Waals surface area contributed by atoms with Crippen molar-refractivity contribution in [2.24, 2.45) is 0 Å². The smallest absolute Gasteiger partial charge is 0.270 e. The highest BCUT2D eigenvalue weighted by molar-refractivity contribution is 6.07. The molecule has 4 aromatic carbocycles. The van der Waals surface area contributed by atoms with Gasteiger partial charge in [0.15, 0.2) is 0 Å². The number of hydrogen-bond acceptors (Lipinski definition) is 5. The molecule has 0 saturated carbocycles. The molecule has 4 aromatic rings. The summed E-state index contributed by atoms with van der Waals surface area (Å²) in [7, 11) is 0. The number of non-ortho nitro benzene ring substituents is 1. The minimum absolute atomic E-state index is 0.141. The zero-order valence-corrected chi connectivity index (χ0v) is 18.7. The van der Waals surface area contributed by atoms with Crippen LogP contribution < -0.4 is 15.4 Å². The van der Waals surface area contributed by atoms with Crippen LogP contribution in [-0.4, -0.2) is 16.7 Å². The third kappa shape index (κ3) is 6.08. The number of nitro groups is 1. The van der Waals surface area contributed by atoms with Gasteiger partial charge in [0.05, 0.1) is 4.92 Å². The maximum atomic E-state index is 12.7. The molecule has 0 spiro atoms. The molecule has 0 heterocycles. The van der Waals surface area contributed by atoms with E-state index in [1.807, 2.05) is 31.2 Å². The standard InChI is InChI=1S/C27H21N3O5/c1-18-8-12-24(13-9-18)35-25-14-10-21(11-15-25)28-26(31)19-4-2-6-22(16-19)29-27(32)20-5-3-7-23(17-20)30(33)34/h2-17H,1H3,(H,28,31)(H,29,32). The number of carbonyl (C=O) groups excluding carboxylic acids is 2. The van der Waals surface area contributed by atoms with E-state index in [0.29, 0.717) is 22.7 Å². The van der Waals surface area contributed by atoms with Crippen LogP contribution in [-0.2, 0) is 0 Å². The van der Waals surface area contributed by atoms with Gasteiger partial charge < -0.3 is 15.4 Å². The van der Waals surface area contributed by atoms with E-state index < -0.39 is 10.8 Å². The van der Waals surface area contributed by atoms with Crippen LogP contribution in [0.4, 0.5) is 17.1 Å². The molecule has 174 valence electrons. The average molecular weight is 467 g/mol. The van der Waals surface area contributed by atoms with Crippen LogP contribution in [0.5, 0.6) is 11.5 Å². The van der Waals surface area contributed by atoms with Gasteiger partial charge in [-0.2, -0.15) is 0 Å². The maximum Gasteiger partial charge on any atom is 0.270 e. The van der Waals surface area contributed by atoms with Gasteiger partial charge in [-0.3, -0.25) is 19.7 Å². The Balaban J connectivity index is 1.39. The van der Waals surface area contributed by atoms with Gasteiger partial charge in [-0.1, -0.05) is 29.8 Å². The predicted octanol–water partition coefficient (Wildman–Crippen LogP) is 6.20. The van der Waals surface area contributed by atoms with Crippen LogP contribution >= 0.6 is 0 Å². The Labute approximate surface area is 201 Å². The molecule has 0 atom stereocenters. The first-order chi connectivity index (χ1) is 16.9. The lowest BCUT2D eigenvalue weighted by Crippen LogP contribution is -2.14. The number of ether oxygens (including phenoxy) is 1. The van der Waals surface area contributed by atoms with Crippen LogP contribution in [0.3, 0.4) is 0 Å². The zero-order chi connectivity index (χ0) is 24.8. The second kappa shape index (κ2) is 10.3. The summed E-state index contributed by atoms with van der Waals surface area (Å²) in [4.78, 5) is 35.6. The van der Waals surface area contributed by atoms with Crippen molar-refractivity contribution in [1.29, 1.82) is 0 Å². The van der Waals surface area contributed by atoms with Crippen molar-refractivity contribution in [2.45, 2.75) is 6.92 Å². The Morgan fingerprint density at radius 1 is 0.714 bits per heavy atom. The summed E-state index contributed by atoms with van der Waals surface area (Å²) < 4.78 is 5.80. The van der Waals surface area contributed by atoms with Crippen LogP contribution in [0.2, 0.25) is 0 Å². The molecule has 0 unspecified atom stereocenters. The highest BCUT2D eigenvalue weighted by Crippen LogP contribution is 2.24. The first-order valence-corrected chi connectivity index (χ1v) is 10.7. The minimum Gasteiger partial charge on any atom is -0.457 e. The highest BCUT2D eigenvalue weighted by Gasteiger charge is 2.13. The monoisotopic (exact) mass is 467 g/mol. The van der Waals surface area contributed by atoms with E-state index in [4.69, 9.17) is 4.74 Å². The van der Waals surface area contributed by atoms with Gasteiger partial charge in [0.1, 0.15) is 11.5 Å². The Morgan fingerprint density at radius 2 is 1.26 bits per heavy atom. The van der Waals surface area contributed by atoms with E-state index in [-0.39, 0.29) is 17.2 Å². The van der Waals surface area contributed by atoms with Crippen molar-refractivity contribution in [2.75, 3.05) is 10.6 Å². The van der Waals surface area contributed by atoms with E-state index in [2.05, 4.69) is 10.6 Å². The number of anilines is 2. The summed E-state index contributed by atoms with van der Waals surface area (Å²) in [5.74, 6) is 0.480. The van der Waals surface area contributed by atoms with Crippen LogP contribution in [0.15, 0.2) is 97.1 Å². The fraction of sp³-hybridized carbons (Fsp3) is 0.0370. The maximum absolute atomic E-state index is 12.7. The summed E-state index contributed by atoms with van der Waals surface area (Å²) in [6.45, 7) is 2.00. The predicted molar refractivity (Wildman–Crippen MR) is 133 cm³/mol. The minimum atomic E-state index is -0.567. The Hall–Kier alpha value is -4.98. The normalized spacial score (nSPS) is 10.3. The number of hydrogen-bond donors (Lipinski definition) is 2. The van der Waals surface area contributed by atoms with Gasteiger partial charge in [-0.25, -0.2) is 0 Å². The molecule has 0 aromatic heterocycles. The quantitative estimate of drug-likeness (QED) is 0.248. The van der Waals surface area contributed by atoms with Crippen molar-refractivity contribution < 1.29 is 19.2 Å². The third-order valence-electron chi connectivity index (χ3n) is 5.07. The fourth-order valence-electron chi connectivity index (χ4n) is 3.25. The van der Waals surface area contributed by atoms with E-state index in [1.54, 1.807) is 42.5 Å². The molecule has 8 heteroatoms. The molecule has 2 N–H and O–H groups in total. The van der Waals surface area contributed by atoms with Gasteiger partial charge in [-0.05, 0) is 67.6 Å². The second-order valence-electron chi connectivity index (χ2n) is 7.74. The Morgan fingerprint density at radius 3 is 1.89 bits per heavy atom. The first kappa shape index (κ1) is 23.2. The second-order valence-corrected chi connectivity index (χ2v) is 7.74. The van der Waals surface area contributed by atoms with Crippen molar-refractivity contribution in [1.82, 2.24) is 0 Å². The molecule has 8 nitrogen and oxygen atoms in total. The lowest BCUT2D eigenvalue weighted by molar-refractivity contribution is -0.384. The zero-order valence-electron chi connectivity index (χ0n) is 18.7. The average Bonchev–Trinajstić information content (AvgIpc) is 2.87. The van der Waals surface area contributed by atoms with Crippen molar-refractivity contribution in [3.8, 4) is 11.5 Å². The Bertz CT molecular complexity index is 1380. The molecule has 0 radical (unpaired) electrons. The summed E-state index contributed by atoms with van der Waals surface area (Å²) in [6.07, 6.45) is 0. The molecule has 0 bridgehead atoms. The number of benzene rings is 4. The molecule has 2 amide bonds. The number of aryl methyl sites for hydroxylation is 1. The topological polar surface area (TPSA) is 111 Å². The van der Waals surface area contributed by atoms with Gasteiger partial charge in [0, 0.05) is 34.6 Å². The van der Waals surface area contributed by atoms with Crippen molar-refractivity contribution >= 4 is 28.9 Å². The molecule has 0 aliphatic carbocycles. The van der Waals surface area contributed by atoms with E-state index >= 15 is 0 Å². The molecule has 4 rings (SSSR count). The van der Waals surface area contributed by atoms with Gasteiger partial charge in [0.2, 0.25) is 0 Å². The number of nitrogens with zero attached hydrogens (tertiary/aromatic N) is 1. The fourth-order valence-corrected chi connectivity index (χ4v) is 3.25. The summed E-state index contributed by atoms with van der Waals surface area (Å²) in [6, 6.07) is 26.5.